The van der Waals surface area contributed by atoms with E-state index >= 15 is 0 Å². The highest BCUT2D eigenvalue weighted by atomic mass is 19.4. The fourth-order valence-corrected chi connectivity index (χ4v) is 2.32. The van der Waals surface area contributed by atoms with E-state index in [2.05, 4.69) is 30.7 Å². The Hall–Kier alpha value is -3.87. The van der Waals surface area contributed by atoms with E-state index < -0.39 is 6.36 Å². The number of H-pyrrole nitrogens is 1. The maximum absolute atomic E-state index is 12.7. The maximum atomic E-state index is 12.7. The number of hydrogen-bond acceptors (Lipinski definition) is 6. The van der Waals surface area contributed by atoms with Crippen LogP contribution in [0.15, 0.2) is 54.7 Å². The van der Waals surface area contributed by atoms with Crippen LogP contribution in [0, 0.1) is 11.3 Å². The van der Waals surface area contributed by atoms with Crippen LogP contribution in [0.1, 0.15) is 5.82 Å². The summed E-state index contributed by atoms with van der Waals surface area (Å²) in [6.45, 7) is 0. The molecule has 3 aromatic rings. The summed E-state index contributed by atoms with van der Waals surface area (Å²) in [6.07, 6.45) is -3.47. The minimum Gasteiger partial charge on any atom is -0.405 e. The Kier molecular flexibility index (Phi) is 5.03. The molecule has 0 saturated heterocycles. The van der Waals surface area contributed by atoms with Gasteiger partial charge in [0.25, 0.3) is 0 Å². The predicted octanol–water partition coefficient (Wildman–Crippen LogP) is 3.74. The largest absolute Gasteiger partial charge is 0.573 e. The number of para-hydroxylation sites is 2. The van der Waals surface area contributed by atoms with Gasteiger partial charge in [0, 0.05) is 23.0 Å². The van der Waals surface area contributed by atoms with Crippen molar-refractivity contribution in [2.45, 2.75) is 6.36 Å². The summed E-state index contributed by atoms with van der Waals surface area (Å²) in [6, 6.07) is 14.4. The summed E-state index contributed by atoms with van der Waals surface area (Å²) in [5, 5.41) is 25.1. The third-order valence-corrected chi connectivity index (χ3v) is 3.41. The van der Waals surface area contributed by atoms with E-state index in [0.29, 0.717) is 11.3 Å². The fourth-order valence-electron chi connectivity index (χ4n) is 2.32. The van der Waals surface area contributed by atoms with E-state index in [0.717, 1.165) is 0 Å². The molecule has 1 heterocycles. The normalized spacial score (nSPS) is 11.7. The summed E-state index contributed by atoms with van der Waals surface area (Å²) in [5.74, 6) is -0.245. The molecule has 0 unspecified atom stereocenters. The molecular weight excluding hydrogens is 361 g/mol. The molecule has 136 valence electrons. The van der Waals surface area contributed by atoms with Crippen molar-refractivity contribution in [3.63, 3.8) is 0 Å². The number of tetrazole rings is 1. The molecule has 0 aliphatic rings. The first-order chi connectivity index (χ1) is 13.0. The van der Waals surface area contributed by atoms with Gasteiger partial charge in [-0.15, -0.1) is 23.4 Å². The third kappa shape index (κ3) is 4.40. The molecule has 0 radical (unpaired) electrons. The smallest absolute Gasteiger partial charge is 0.405 e. The lowest BCUT2D eigenvalue weighted by molar-refractivity contribution is -0.274. The summed E-state index contributed by atoms with van der Waals surface area (Å²) in [4.78, 5) is 0. The number of alkyl halides is 3. The summed E-state index contributed by atoms with van der Waals surface area (Å²) < 4.78 is 42.2. The van der Waals surface area contributed by atoms with Crippen molar-refractivity contribution in [3.8, 4) is 22.9 Å². The monoisotopic (exact) mass is 372 g/mol. The van der Waals surface area contributed by atoms with Gasteiger partial charge < -0.3 is 10.1 Å². The molecule has 0 bridgehead atoms. The molecule has 0 aliphatic heterocycles. The van der Waals surface area contributed by atoms with Crippen LogP contribution in [0.5, 0.6) is 5.75 Å². The second-order valence-corrected chi connectivity index (χ2v) is 5.14. The quantitative estimate of drug-likeness (QED) is 0.662. The van der Waals surface area contributed by atoms with Gasteiger partial charge >= 0.3 is 6.36 Å². The molecule has 0 spiro atoms. The van der Waals surface area contributed by atoms with E-state index in [-0.39, 0.29) is 22.7 Å². The van der Waals surface area contributed by atoms with Crippen LogP contribution >= 0.6 is 0 Å². The van der Waals surface area contributed by atoms with Gasteiger partial charge in [0.05, 0.1) is 0 Å². The number of ether oxygens (including phenoxy) is 1. The summed E-state index contributed by atoms with van der Waals surface area (Å²) in [5.41, 5.74) is 1.26. The van der Waals surface area contributed by atoms with Crippen molar-refractivity contribution < 1.29 is 17.9 Å². The number of halogens is 3. The lowest BCUT2D eigenvalue weighted by atomic mass is 10.0. The molecule has 1 aromatic heterocycles. The van der Waals surface area contributed by atoms with E-state index in [4.69, 9.17) is 0 Å². The first-order valence-corrected chi connectivity index (χ1v) is 7.53. The van der Waals surface area contributed by atoms with E-state index in [1.54, 1.807) is 30.3 Å². The molecule has 2 aromatic carbocycles. The Morgan fingerprint density at radius 2 is 1.81 bits per heavy atom. The van der Waals surface area contributed by atoms with Gasteiger partial charge in [-0.1, -0.05) is 36.4 Å². The Morgan fingerprint density at radius 1 is 1.11 bits per heavy atom. The molecular formula is C17H11F3N6O. The van der Waals surface area contributed by atoms with E-state index in [9.17, 15) is 18.4 Å². The lowest BCUT2D eigenvalue weighted by Crippen LogP contribution is -2.17. The molecule has 7 nitrogen and oxygen atoms in total. The predicted molar refractivity (Wildman–Crippen MR) is 90.0 cm³/mol. The standard InChI is InChI=1S/C17H11F3N6O/c18-17(19,20)27-15-8-4-2-6-13(15)12-5-1-3-7-14(12)22-10-11(9-21)16-23-25-26-24-16/h1-8,10,22H,(H,23,24,25,26). The van der Waals surface area contributed by atoms with Crippen LogP contribution < -0.4 is 10.1 Å². The Labute approximate surface area is 151 Å². The number of nitriles is 1. The number of rotatable bonds is 5. The number of anilines is 1. The van der Waals surface area contributed by atoms with Crippen LogP contribution in [0.25, 0.3) is 16.7 Å². The van der Waals surface area contributed by atoms with Crippen molar-refractivity contribution in [3.05, 3.63) is 60.6 Å². The molecule has 0 amide bonds. The summed E-state index contributed by atoms with van der Waals surface area (Å²) >= 11 is 0. The number of allylic oxidation sites excluding steroid dienone is 1. The van der Waals surface area contributed by atoms with Crippen molar-refractivity contribution in [1.29, 1.82) is 5.26 Å². The fraction of sp³-hybridized carbons (Fsp3) is 0.0588. The number of nitrogens with one attached hydrogen (secondary N) is 2. The van der Waals surface area contributed by atoms with Gasteiger partial charge in [0.1, 0.15) is 17.4 Å². The zero-order valence-electron chi connectivity index (χ0n) is 13.5. The molecule has 0 atom stereocenters. The molecule has 27 heavy (non-hydrogen) atoms. The number of aromatic nitrogens is 4. The minimum atomic E-state index is -4.81. The molecule has 10 heteroatoms. The topological polar surface area (TPSA) is 99.5 Å². The highest BCUT2D eigenvalue weighted by Gasteiger charge is 2.32. The van der Waals surface area contributed by atoms with Crippen molar-refractivity contribution in [1.82, 2.24) is 20.6 Å². The number of nitrogens with zero attached hydrogens (tertiary/aromatic N) is 4. The van der Waals surface area contributed by atoms with Gasteiger partial charge in [0.15, 0.2) is 0 Å². The van der Waals surface area contributed by atoms with Crippen molar-refractivity contribution >= 4 is 11.3 Å². The van der Waals surface area contributed by atoms with Crippen LogP contribution in [0.2, 0.25) is 0 Å². The SMILES string of the molecule is N#CC(=CNc1ccccc1-c1ccccc1OC(F)(F)F)c1nn[nH]n1. The first kappa shape index (κ1) is 17.9. The van der Waals surface area contributed by atoms with Gasteiger partial charge in [-0.2, -0.15) is 10.5 Å². The van der Waals surface area contributed by atoms with Gasteiger partial charge in [-0.25, -0.2) is 0 Å². The third-order valence-electron chi connectivity index (χ3n) is 3.41. The van der Waals surface area contributed by atoms with E-state index in [1.165, 1.54) is 24.4 Å². The highest BCUT2D eigenvalue weighted by Crippen LogP contribution is 2.37. The maximum Gasteiger partial charge on any atom is 0.573 e. The van der Waals surface area contributed by atoms with Crippen LogP contribution in [0.3, 0.4) is 0 Å². The van der Waals surface area contributed by atoms with Crippen LogP contribution in [0.4, 0.5) is 18.9 Å². The zero-order valence-corrected chi connectivity index (χ0v) is 13.5. The Morgan fingerprint density at radius 3 is 2.48 bits per heavy atom. The molecule has 3 rings (SSSR count). The van der Waals surface area contributed by atoms with Crippen molar-refractivity contribution in [2.24, 2.45) is 0 Å². The van der Waals surface area contributed by atoms with E-state index in [1.807, 2.05) is 6.07 Å². The second-order valence-electron chi connectivity index (χ2n) is 5.14. The average Bonchev–Trinajstić information content (AvgIpc) is 3.16. The van der Waals surface area contributed by atoms with Gasteiger partial charge in [-0.05, 0) is 17.3 Å². The highest BCUT2D eigenvalue weighted by molar-refractivity contribution is 5.83. The first-order valence-electron chi connectivity index (χ1n) is 7.53. The van der Waals surface area contributed by atoms with Gasteiger partial charge in [-0.3, -0.25) is 0 Å². The summed E-state index contributed by atoms with van der Waals surface area (Å²) in [7, 11) is 0. The molecule has 0 fully saturated rings. The van der Waals surface area contributed by atoms with Gasteiger partial charge in [0.2, 0.25) is 5.82 Å². The zero-order chi connectivity index (χ0) is 19.3. The van der Waals surface area contributed by atoms with Crippen molar-refractivity contribution in [2.75, 3.05) is 5.32 Å². The van der Waals surface area contributed by atoms with Crippen LogP contribution in [-0.4, -0.2) is 27.0 Å². The molecule has 2 N–H and O–H groups in total. The van der Waals surface area contributed by atoms with Crippen LogP contribution in [-0.2, 0) is 0 Å². The Balaban J connectivity index is 1.98. The minimum absolute atomic E-state index is 0.0864. The second kappa shape index (κ2) is 7.57. The molecule has 0 aliphatic carbocycles. The average molecular weight is 372 g/mol. The number of aromatic amines is 1. The molecule has 0 saturated carbocycles. The number of benzene rings is 2. The lowest BCUT2D eigenvalue weighted by Gasteiger charge is -2.15. The number of hydrogen-bond donors (Lipinski definition) is 2. The Bertz CT molecular complexity index is 992.